The van der Waals surface area contributed by atoms with E-state index < -0.39 is 8.32 Å². The summed E-state index contributed by atoms with van der Waals surface area (Å²) in [6, 6.07) is 18.4. The molecule has 2 nitrogen and oxygen atoms in total. The van der Waals surface area contributed by atoms with Gasteiger partial charge in [0.05, 0.1) is 0 Å². The number of hydrogen-bond donors (Lipinski definition) is 0. The molecule has 1 radical (unpaired) electrons. The highest BCUT2D eigenvalue weighted by Crippen LogP contribution is 2.41. The van der Waals surface area contributed by atoms with Crippen LogP contribution in [0.5, 0.6) is 5.75 Å². The van der Waals surface area contributed by atoms with Crippen molar-refractivity contribution in [2.24, 2.45) is 0 Å². The van der Waals surface area contributed by atoms with Gasteiger partial charge in [-0.25, -0.2) is 0 Å². The van der Waals surface area contributed by atoms with Crippen LogP contribution in [0.3, 0.4) is 0 Å². The van der Waals surface area contributed by atoms with Crippen LogP contribution in [-0.4, -0.2) is 31.8 Å². The zero-order valence-electron chi connectivity index (χ0n) is 21.3. The van der Waals surface area contributed by atoms with Crippen LogP contribution >= 0.6 is 0 Å². The maximum Gasteiger partial charge on any atom is 0.250 e. The quantitative estimate of drug-likeness (QED) is 0.369. The lowest BCUT2D eigenvalue weighted by Crippen LogP contribution is -2.44. The third kappa shape index (κ3) is 6.70. The molecular formula is C28H44NOSi. The van der Waals surface area contributed by atoms with Gasteiger partial charge in [0.25, 0.3) is 0 Å². The van der Waals surface area contributed by atoms with Crippen LogP contribution in [0.25, 0.3) is 0 Å². The summed E-state index contributed by atoms with van der Waals surface area (Å²) in [5.74, 6) is 1.32. The van der Waals surface area contributed by atoms with E-state index in [-0.39, 0.29) is 11.0 Å². The zero-order chi connectivity index (χ0) is 23.4. The molecule has 0 aliphatic heterocycles. The summed E-state index contributed by atoms with van der Waals surface area (Å²) in [6.07, 6.45) is 1.05. The minimum Gasteiger partial charge on any atom is -0.543 e. The Morgan fingerprint density at radius 1 is 0.935 bits per heavy atom. The van der Waals surface area contributed by atoms with E-state index in [0.717, 1.165) is 24.3 Å². The maximum atomic E-state index is 6.85. The van der Waals surface area contributed by atoms with E-state index in [9.17, 15) is 0 Å². The first-order valence-electron chi connectivity index (χ1n) is 11.8. The Bertz CT molecular complexity index is 813. The molecule has 1 unspecified atom stereocenters. The molecule has 0 N–H and O–H groups in total. The van der Waals surface area contributed by atoms with E-state index in [0.29, 0.717) is 12.1 Å². The van der Waals surface area contributed by atoms with Crippen LogP contribution in [0.2, 0.25) is 18.1 Å². The number of nitrogens with zero attached hydrogens (tertiary/aromatic N) is 1. The minimum absolute atomic E-state index is 0.154. The summed E-state index contributed by atoms with van der Waals surface area (Å²) >= 11 is 0. The third-order valence-electron chi connectivity index (χ3n) is 6.83. The fraction of sp³-hybridized carbons (Fsp3) is 0.536. The topological polar surface area (TPSA) is 12.5 Å². The first kappa shape index (κ1) is 25.7. The van der Waals surface area contributed by atoms with Crippen molar-refractivity contribution in [3.05, 3.63) is 72.1 Å². The minimum atomic E-state index is -1.95. The Balaban J connectivity index is 2.50. The van der Waals surface area contributed by atoms with E-state index >= 15 is 0 Å². The van der Waals surface area contributed by atoms with Crippen molar-refractivity contribution < 1.29 is 4.43 Å². The Labute approximate surface area is 193 Å². The molecule has 0 aromatic heterocycles. The van der Waals surface area contributed by atoms with Crippen molar-refractivity contribution in [2.75, 3.05) is 6.54 Å². The lowest BCUT2D eigenvalue weighted by Gasteiger charge is -2.38. The van der Waals surface area contributed by atoms with Crippen molar-refractivity contribution >= 4 is 8.32 Å². The number of hydrogen-bond acceptors (Lipinski definition) is 2. The Hall–Kier alpha value is -1.58. The van der Waals surface area contributed by atoms with Gasteiger partial charge in [0.1, 0.15) is 5.75 Å². The molecule has 0 amide bonds. The molecule has 31 heavy (non-hydrogen) atoms. The molecular weight excluding hydrogens is 394 g/mol. The highest BCUT2D eigenvalue weighted by atomic mass is 28.4. The molecule has 0 aliphatic carbocycles. The van der Waals surface area contributed by atoms with E-state index in [1.54, 1.807) is 0 Å². The van der Waals surface area contributed by atoms with Crippen LogP contribution in [0.1, 0.15) is 77.5 Å². The van der Waals surface area contributed by atoms with Crippen molar-refractivity contribution in [3.8, 4) is 5.75 Å². The second-order valence-electron chi connectivity index (χ2n) is 10.9. The summed E-state index contributed by atoms with van der Waals surface area (Å²) in [7, 11) is -1.95. The van der Waals surface area contributed by atoms with Gasteiger partial charge in [-0.3, -0.25) is 4.90 Å². The van der Waals surface area contributed by atoms with Crippen molar-refractivity contribution in [3.63, 3.8) is 0 Å². The zero-order valence-corrected chi connectivity index (χ0v) is 22.3. The summed E-state index contributed by atoms with van der Waals surface area (Å²) in [5, 5.41) is 0.154. The molecule has 0 aliphatic rings. The first-order valence-corrected chi connectivity index (χ1v) is 14.7. The lowest BCUT2D eigenvalue weighted by atomic mass is 9.87. The lowest BCUT2D eigenvalue weighted by molar-refractivity contribution is 0.170. The first-order chi connectivity index (χ1) is 14.3. The average Bonchev–Trinajstić information content (AvgIpc) is 2.66. The van der Waals surface area contributed by atoms with Crippen molar-refractivity contribution in [1.29, 1.82) is 0 Å². The maximum absolute atomic E-state index is 6.85. The molecule has 2 rings (SSSR count). The van der Waals surface area contributed by atoms with Gasteiger partial charge >= 0.3 is 0 Å². The van der Waals surface area contributed by atoms with Gasteiger partial charge < -0.3 is 4.43 Å². The van der Waals surface area contributed by atoms with Gasteiger partial charge in [-0.2, -0.15) is 0 Å². The molecule has 0 bridgehead atoms. The van der Waals surface area contributed by atoms with Gasteiger partial charge in [-0.05, 0) is 82.9 Å². The summed E-state index contributed by atoms with van der Waals surface area (Å²) in [5.41, 5.74) is 3.67. The van der Waals surface area contributed by atoms with Crippen LogP contribution in [0.15, 0.2) is 48.5 Å². The molecule has 1 atom stereocenters. The van der Waals surface area contributed by atoms with E-state index in [4.69, 9.17) is 4.43 Å². The predicted octanol–water partition coefficient (Wildman–Crippen LogP) is 7.89. The van der Waals surface area contributed by atoms with Crippen molar-refractivity contribution in [1.82, 2.24) is 4.90 Å². The standard InChI is InChI=1S/C28H44NOSi/c1-21(2)29(22(3)4)19-18-25(24-14-12-11-13-15-24)26-20-23(5)16-17-27(26)30-31(9,10)28(6,7)8/h11-17,20-22,25H,5,18-19H2,1-4,6-10H3. The van der Waals surface area contributed by atoms with Gasteiger partial charge in [-0.15, -0.1) is 0 Å². The normalized spacial score (nSPS) is 13.8. The fourth-order valence-corrected chi connectivity index (χ4v) is 5.01. The Morgan fingerprint density at radius 2 is 1.52 bits per heavy atom. The van der Waals surface area contributed by atoms with E-state index in [2.05, 4.69) is 122 Å². The number of benzene rings is 2. The highest BCUT2D eigenvalue weighted by Gasteiger charge is 2.39. The van der Waals surface area contributed by atoms with E-state index in [1.807, 2.05) is 0 Å². The van der Waals surface area contributed by atoms with Gasteiger partial charge in [0.15, 0.2) is 0 Å². The van der Waals surface area contributed by atoms with Gasteiger partial charge in [0, 0.05) is 23.6 Å². The predicted molar refractivity (Wildman–Crippen MR) is 139 cm³/mol. The largest absolute Gasteiger partial charge is 0.543 e. The molecule has 0 saturated carbocycles. The molecule has 3 heteroatoms. The molecule has 0 spiro atoms. The molecule has 171 valence electrons. The van der Waals surface area contributed by atoms with Crippen molar-refractivity contribution in [2.45, 2.75) is 91.0 Å². The summed E-state index contributed by atoms with van der Waals surface area (Å²) in [6.45, 7) is 26.0. The second-order valence-corrected chi connectivity index (χ2v) is 15.6. The van der Waals surface area contributed by atoms with E-state index in [1.165, 1.54) is 11.1 Å². The summed E-state index contributed by atoms with van der Waals surface area (Å²) in [4.78, 5) is 2.58. The van der Waals surface area contributed by atoms with Gasteiger partial charge in [-0.1, -0.05) is 63.2 Å². The average molecular weight is 439 g/mol. The molecule has 0 heterocycles. The Kier molecular flexibility index (Phi) is 8.58. The smallest absolute Gasteiger partial charge is 0.250 e. The SMILES string of the molecule is [CH2]c1ccc(O[Si](C)(C)C(C)(C)C)c(C(CCN(C(C)C)C(C)C)c2ccccc2)c1. The highest BCUT2D eigenvalue weighted by molar-refractivity contribution is 6.74. The van der Waals surface area contributed by atoms with Crippen LogP contribution in [-0.2, 0) is 0 Å². The van der Waals surface area contributed by atoms with Crippen LogP contribution < -0.4 is 4.43 Å². The molecule has 0 fully saturated rings. The van der Waals surface area contributed by atoms with Crippen LogP contribution in [0, 0.1) is 6.92 Å². The Morgan fingerprint density at radius 3 is 2.03 bits per heavy atom. The monoisotopic (exact) mass is 438 g/mol. The second kappa shape index (κ2) is 10.4. The summed E-state index contributed by atoms with van der Waals surface area (Å²) < 4.78 is 6.85. The van der Waals surface area contributed by atoms with Crippen LogP contribution in [0.4, 0.5) is 0 Å². The fourth-order valence-electron chi connectivity index (χ4n) is 3.97. The third-order valence-corrected chi connectivity index (χ3v) is 11.2. The number of rotatable bonds is 9. The molecule has 0 saturated heterocycles. The molecule has 2 aromatic carbocycles. The van der Waals surface area contributed by atoms with Gasteiger partial charge in [0.2, 0.25) is 8.32 Å². The molecule has 2 aromatic rings.